The largest absolute Gasteiger partial charge is 0.336 e. The molecule has 25 heavy (non-hydrogen) atoms. The predicted molar refractivity (Wildman–Crippen MR) is 96.1 cm³/mol. The molecule has 1 fully saturated rings. The maximum atomic E-state index is 13.1. The summed E-state index contributed by atoms with van der Waals surface area (Å²) in [5.41, 5.74) is 3.07. The molecule has 1 amide bonds. The molecule has 0 spiro atoms. The van der Waals surface area contributed by atoms with Crippen LogP contribution in [0.5, 0.6) is 0 Å². The highest BCUT2D eigenvalue weighted by Gasteiger charge is 2.32. The highest BCUT2D eigenvalue weighted by molar-refractivity contribution is 5.84. The summed E-state index contributed by atoms with van der Waals surface area (Å²) in [6, 6.07) is 7.89. The van der Waals surface area contributed by atoms with E-state index in [0.29, 0.717) is 0 Å². The lowest BCUT2D eigenvalue weighted by atomic mass is 10.2. The molecular weight excluding hydrogens is 314 g/mol. The number of amides is 1. The number of carbonyl (C=O) groups excluding carboxylic acids is 1. The van der Waals surface area contributed by atoms with Gasteiger partial charge in [-0.1, -0.05) is 12.1 Å². The molecule has 2 unspecified atom stereocenters. The Bertz CT molecular complexity index is 896. The van der Waals surface area contributed by atoms with Crippen molar-refractivity contribution in [2.45, 2.75) is 45.3 Å². The van der Waals surface area contributed by atoms with Gasteiger partial charge in [0.1, 0.15) is 6.04 Å². The van der Waals surface area contributed by atoms with Crippen molar-refractivity contribution in [3.05, 3.63) is 48.5 Å². The quantitative estimate of drug-likeness (QED) is 0.735. The third-order valence-electron chi connectivity index (χ3n) is 5.08. The fourth-order valence-corrected chi connectivity index (χ4v) is 3.74. The minimum absolute atomic E-state index is 0.162. The summed E-state index contributed by atoms with van der Waals surface area (Å²) < 4.78 is 3.92. The Balaban J connectivity index is 1.54. The number of rotatable bonds is 4. The van der Waals surface area contributed by atoms with E-state index in [1.165, 1.54) is 0 Å². The molecule has 0 N–H and O–H groups in total. The lowest BCUT2D eigenvalue weighted by Crippen LogP contribution is -2.41. The van der Waals surface area contributed by atoms with Crippen molar-refractivity contribution < 1.29 is 4.79 Å². The Morgan fingerprint density at radius 2 is 2.20 bits per heavy atom. The van der Waals surface area contributed by atoms with Crippen LogP contribution in [-0.2, 0) is 11.3 Å². The van der Waals surface area contributed by atoms with E-state index in [1.807, 2.05) is 64.7 Å². The molecule has 0 saturated carbocycles. The minimum Gasteiger partial charge on any atom is -0.336 e. The first-order valence-electron chi connectivity index (χ1n) is 8.84. The molecule has 1 aliphatic heterocycles. The maximum absolute atomic E-state index is 13.1. The van der Waals surface area contributed by atoms with Crippen LogP contribution in [0.4, 0.5) is 0 Å². The average Bonchev–Trinajstić information content (AvgIpc) is 3.34. The second-order valence-electron chi connectivity index (χ2n) is 6.88. The lowest BCUT2D eigenvalue weighted by molar-refractivity contribution is -0.135. The first-order valence-corrected chi connectivity index (χ1v) is 8.84. The fraction of sp³-hybridized carbons (Fsp3) is 0.421. The predicted octanol–water partition coefficient (Wildman–Crippen LogP) is 2.79. The summed E-state index contributed by atoms with van der Waals surface area (Å²) in [6.07, 6.45) is 7.75. The smallest absolute Gasteiger partial charge is 0.245 e. The lowest BCUT2D eigenvalue weighted by Gasteiger charge is -2.28. The topological polar surface area (TPSA) is 56.0 Å². The van der Waals surface area contributed by atoms with Crippen molar-refractivity contribution in [1.29, 1.82) is 0 Å². The summed E-state index contributed by atoms with van der Waals surface area (Å²) in [7, 11) is 0. The third-order valence-corrected chi connectivity index (χ3v) is 5.08. The molecule has 0 aliphatic carbocycles. The van der Waals surface area contributed by atoms with Crippen LogP contribution in [-0.4, -0.2) is 42.7 Å². The van der Waals surface area contributed by atoms with Gasteiger partial charge in [-0.25, -0.2) is 4.98 Å². The van der Waals surface area contributed by atoms with E-state index >= 15 is 0 Å². The number of nitrogens with zero attached hydrogens (tertiary/aromatic N) is 5. The molecule has 1 aromatic carbocycles. The van der Waals surface area contributed by atoms with Gasteiger partial charge in [0.2, 0.25) is 5.91 Å². The normalized spacial score (nSPS) is 18.8. The van der Waals surface area contributed by atoms with Crippen molar-refractivity contribution >= 4 is 16.9 Å². The number of imidazole rings is 1. The number of benzene rings is 1. The van der Waals surface area contributed by atoms with Gasteiger partial charge < -0.3 is 9.47 Å². The molecule has 2 atom stereocenters. The van der Waals surface area contributed by atoms with Crippen LogP contribution in [0.3, 0.4) is 0 Å². The van der Waals surface area contributed by atoms with Gasteiger partial charge in [-0.2, -0.15) is 5.10 Å². The molecule has 4 rings (SSSR count). The minimum atomic E-state index is -0.257. The molecule has 2 aromatic heterocycles. The van der Waals surface area contributed by atoms with E-state index in [2.05, 4.69) is 10.1 Å². The number of hydrogen-bond acceptors (Lipinski definition) is 3. The Kier molecular flexibility index (Phi) is 4.03. The van der Waals surface area contributed by atoms with Crippen molar-refractivity contribution in [2.75, 3.05) is 6.54 Å². The van der Waals surface area contributed by atoms with Crippen LogP contribution < -0.4 is 0 Å². The number of carbonyl (C=O) groups is 1. The number of para-hydroxylation sites is 2. The van der Waals surface area contributed by atoms with E-state index in [1.54, 1.807) is 6.33 Å². The number of hydrogen-bond donors (Lipinski definition) is 0. The number of fused-ring (bicyclic) bond motifs is 1. The number of aromatic nitrogens is 4. The maximum Gasteiger partial charge on any atom is 0.245 e. The van der Waals surface area contributed by atoms with Crippen molar-refractivity contribution in [3.8, 4) is 0 Å². The van der Waals surface area contributed by atoms with Crippen LogP contribution in [0.2, 0.25) is 0 Å². The molecule has 130 valence electrons. The van der Waals surface area contributed by atoms with E-state index in [9.17, 15) is 4.79 Å². The first-order chi connectivity index (χ1) is 12.1. The van der Waals surface area contributed by atoms with Gasteiger partial charge in [0, 0.05) is 12.7 Å². The van der Waals surface area contributed by atoms with E-state index in [4.69, 9.17) is 0 Å². The van der Waals surface area contributed by atoms with Crippen LogP contribution in [0.25, 0.3) is 11.0 Å². The highest BCUT2D eigenvalue weighted by Crippen LogP contribution is 2.25. The van der Waals surface area contributed by atoms with Gasteiger partial charge in [-0.3, -0.25) is 9.48 Å². The summed E-state index contributed by atoms with van der Waals surface area (Å²) in [4.78, 5) is 19.6. The Hall–Kier alpha value is -2.63. The summed E-state index contributed by atoms with van der Waals surface area (Å²) in [5, 5.41) is 4.37. The van der Waals surface area contributed by atoms with Crippen molar-refractivity contribution in [1.82, 2.24) is 24.2 Å². The molecule has 6 nitrogen and oxygen atoms in total. The van der Waals surface area contributed by atoms with Crippen molar-refractivity contribution in [2.24, 2.45) is 0 Å². The van der Waals surface area contributed by atoms with Gasteiger partial charge in [0.05, 0.1) is 36.1 Å². The molecule has 3 aromatic rings. The van der Waals surface area contributed by atoms with Gasteiger partial charge in [-0.15, -0.1) is 0 Å². The monoisotopic (exact) mass is 337 g/mol. The van der Waals surface area contributed by atoms with Crippen LogP contribution in [0.15, 0.2) is 43.0 Å². The van der Waals surface area contributed by atoms with Crippen LogP contribution in [0, 0.1) is 6.92 Å². The van der Waals surface area contributed by atoms with Crippen LogP contribution in [0.1, 0.15) is 31.4 Å². The average molecular weight is 337 g/mol. The zero-order valence-electron chi connectivity index (χ0n) is 14.7. The van der Waals surface area contributed by atoms with Gasteiger partial charge in [-0.05, 0) is 44.4 Å². The van der Waals surface area contributed by atoms with E-state index < -0.39 is 0 Å². The van der Waals surface area contributed by atoms with Gasteiger partial charge in [0.25, 0.3) is 0 Å². The molecule has 1 saturated heterocycles. The Labute approximate surface area is 147 Å². The zero-order valence-corrected chi connectivity index (χ0v) is 14.7. The first kappa shape index (κ1) is 15.9. The summed E-state index contributed by atoms with van der Waals surface area (Å²) in [6.45, 7) is 5.58. The highest BCUT2D eigenvalue weighted by atomic mass is 16.2. The standard InChI is InChI=1S/C19H23N5O/c1-14-10-21-22(11-14)12-16-6-5-9-23(16)19(25)15(2)24-13-20-17-7-3-4-8-18(17)24/h3-4,7-8,10-11,13,15-16H,5-6,9,12H2,1-2H3. The third kappa shape index (κ3) is 2.92. The Morgan fingerprint density at radius 3 is 3.00 bits per heavy atom. The molecule has 0 radical (unpaired) electrons. The second-order valence-corrected chi connectivity index (χ2v) is 6.88. The molecule has 3 heterocycles. The summed E-state index contributed by atoms with van der Waals surface area (Å²) in [5.74, 6) is 0.162. The molecule has 0 bridgehead atoms. The number of likely N-dealkylation sites (tertiary alicyclic amines) is 1. The molecule has 1 aliphatic rings. The molecular formula is C19H23N5O. The Morgan fingerprint density at radius 1 is 1.36 bits per heavy atom. The zero-order chi connectivity index (χ0) is 17.4. The second kappa shape index (κ2) is 6.35. The van der Waals surface area contributed by atoms with Crippen molar-refractivity contribution in [3.63, 3.8) is 0 Å². The summed E-state index contributed by atoms with van der Waals surface area (Å²) >= 11 is 0. The van der Waals surface area contributed by atoms with Crippen LogP contribution >= 0.6 is 0 Å². The SMILES string of the molecule is Cc1cnn(CC2CCCN2C(=O)C(C)n2cnc3ccccc32)c1. The molecule has 6 heteroatoms. The fourth-order valence-electron chi connectivity index (χ4n) is 3.74. The van der Waals surface area contributed by atoms with E-state index in [-0.39, 0.29) is 18.0 Å². The van der Waals surface area contributed by atoms with E-state index in [0.717, 1.165) is 42.5 Å². The van der Waals surface area contributed by atoms with Gasteiger partial charge >= 0.3 is 0 Å². The van der Waals surface area contributed by atoms with Gasteiger partial charge in [0.15, 0.2) is 0 Å². The number of aryl methyl sites for hydroxylation is 1.